The predicted molar refractivity (Wildman–Crippen MR) is 74.4 cm³/mol. The average Bonchev–Trinajstić information content (AvgIpc) is 2.26. The van der Waals surface area contributed by atoms with Crippen molar-refractivity contribution < 1.29 is 4.39 Å². The molecule has 0 saturated carbocycles. The average molecular weight is 243 g/mol. The number of nitrogens with one attached hydrogen (secondary N) is 1. The fraction of sp³-hybridized carbons (Fsp3) is 0.250. The second-order valence-corrected chi connectivity index (χ2v) is 4.80. The highest BCUT2D eigenvalue weighted by atomic mass is 19.1. The maximum Gasteiger partial charge on any atom is 0.123 e. The maximum absolute atomic E-state index is 13.0. The van der Waals surface area contributed by atoms with Gasteiger partial charge in [0.2, 0.25) is 0 Å². The van der Waals surface area contributed by atoms with Crippen molar-refractivity contribution in [3.63, 3.8) is 0 Å². The Kier molecular flexibility index (Phi) is 3.66. The van der Waals surface area contributed by atoms with Gasteiger partial charge in [-0.2, -0.15) is 0 Å². The molecule has 18 heavy (non-hydrogen) atoms. The molecule has 0 spiro atoms. The van der Waals surface area contributed by atoms with E-state index in [0.717, 1.165) is 23.4 Å². The van der Waals surface area contributed by atoms with Crippen LogP contribution < -0.4 is 5.32 Å². The minimum atomic E-state index is -0.178. The molecule has 0 bridgehead atoms. The third-order valence-electron chi connectivity index (χ3n) is 3.01. The van der Waals surface area contributed by atoms with Gasteiger partial charge in [0.05, 0.1) is 0 Å². The zero-order valence-electron chi connectivity index (χ0n) is 11.0. The quantitative estimate of drug-likeness (QED) is 0.844. The van der Waals surface area contributed by atoms with Gasteiger partial charge in [0, 0.05) is 12.2 Å². The molecule has 2 aromatic carbocycles. The van der Waals surface area contributed by atoms with Gasteiger partial charge in [-0.25, -0.2) is 4.39 Å². The number of hydrogen-bond acceptors (Lipinski definition) is 1. The largest absolute Gasteiger partial charge is 0.381 e. The minimum Gasteiger partial charge on any atom is -0.381 e. The summed E-state index contributed by atoms with van der Waals surface area (Å²) in [6, 6.07) is 11.3. The predicted octanol–water partition coefficient (Wildman–Crippen LogP) is 4.36. The molecule has 94 valence electrons. The van der Waals surface area contributed by atoms with Gasteiger partial charge in [0.25, 0.3) is 0 Å². The molecule has 0 atom stereocenters. The summed E-state index contributed by atoms with van der Waals surface area (Å²) in [4.78, 5) is 0. The van der Waals surface area contributed by atoms with Gasteiger partial charge in [-0.15, -0.1) is 0 Å². The highest BCUT2D eigenvalue weighted by molar-refractivity contribution is 5.49. The molecule has 0 heterocycles. The Hall–Kier alpha value is -1.83. The second-order valence-electron chi connectivity index (χ2n) is 4.80. The lowest BCUT2D eigenvalue weighted by molar-refractivity contribution is 0.625. The van der Waals surface area contributed by atoms with Crippen LogP contribution in [-0.2, 0) is 6.54 Å². The number of aryl methyl sites for hydroxylation is 3. The van der Waals surface area contributed by atoms with Gasteiger partial charge < -0.3 is 5.32 Å². The first-order valence-corrected chi connectivity index (χ1v) is 6.12. The van der Waals surface area contributed by atoms with Crippen molar-refractivity contribution in [2.45, 2.75) is 27.3 Å². The summed E-state index contributed by atoms with van der Waals surface area (Å²) < 4.78 is 13.0. The van der Waals surface area contributed by atoms with Gasteiger partial charge >= 0.3 is 0 Å². The van der Waals surface area contributed by atoms with Gasteiger partial charge in [0.15, 0.2) is 0 Å². The van der Waals surface area contributed by atoms with E-state index in [-0.39, 0.29) is 5.82 Å². The summed E-state index contributed by atoms with van der Waals surface area (Å²) in [5.74, 6) is -0.178. The first-order chi connectivity index (χ1) is 8.54. The summed E-state index contributed by atoms with van der Waals surface area (Å²) in [5.41, 5.74) is 5.69. The fourth-order valence-corrected chi connectivity index (χ4v) is 2.13. The highest BCUT2D eigenvalue weighted by Crippen LogP contribution is 2.16. The summed E-state index contributed by atoms with van der Waals surface area (Å²) in [6.07, 6.45) is 0. The highest BCUT2D eigenvalue weighted by Gasteiger charge is 2.01. The summed E-state index contributed by atoms with van der Waals surface area (Å²) in [6.45, 7) is 6.82. The molecule has 0 fully saturated rings. The van der Waals surface area contributed by atoms with Crippen molar-refractivity contribution in [2.24, 2.45) is 0 Å². The van der Waals surface area contributed by atoms with E-state index in [4.69, 9.17) is 0 Å². The molecule has 2 aromatic rings. The summed E-state index contributed by atoms with van der Waals surface area (Å²) >= 11 is 0. The molecule has 0 aliphatic heterocycles. The number of benzene rings is 2. The topological polar surface area (TPSA) is 12.0 Å². The molecular formula is C16H18FN. The Morgan fingerprint density at radius 1 is 0.944 bits per heavy atom. The molecular weight excluding hydrogens is 225 g/mol. The smallest absolute Gasteiger partial charge is 0.123 e. The van der Waals surface area contributed by atoms with Crippen molar-refractivity contribution in [1.82, 2.24) is 0 Å². The van der Waals surface area contributed by atoms with Crippen LogP contribution in [0.3, 0.4) is 0 Å². The number of anilines is 1. The van der Waals surface area contributed by atoms with E-state index in [1.807, 2.05) is 13.0 Å². The van der Waals surface area contributed by atoms with Crippen molar-refractivity contribution in [2.75, 3.05) is 5.32 Å². The van der Waals surface area contributed by atoms with E-state index >= 15 is 0 Å². The molecule has 2 heteroatoms. The SMILES string of the molecule is Cc1cc(C)cc(NCc2ccc(F)cc2C)c1. The van der Waals surface area contributed by atoms with E-state index in [9.17, 15) is 4.39 Å². The van der Waals surface area contributed by atoms with Crippen LogP contribution in [0.4, 0.5) is 10.1 Å². The lowest BCUT2D eigenvalue weighted by Crippen LogP contribution is -2.02. The third kappa shape index (κ3) is 3.10. The monoisotopic (exact) mass is 243 g/mol. The van der Waals surface area contributed by atoms with E-state index < -0.39 is 0 Å². The van der Waals surface area contributed by atoms with E-state index in [0.29, 0.717) is 0 Å². The van der Waals surface area contributed by atoms with Crippen molar-refractivity contribution in [3.8, 4) is 0 Å². The van der Waals surface area contributed by atoms with Crippen molar-refractivity contribution in [3.05, 3.63) is 64.5 Å². The zero-order chi connectivity index (χ0) is 13.1. The van der Waals surface area contributed by atoms with Crippen molar-refractivity contribution >= 4 is 5.69 Å². The van der Waals surface area contributed by atoms with E-state index in [1.165, 1.54) is 17.2 Å². The van der Waals surface area contributed by atoms with Crippen LogP contribution in [0.15, 0.2) is 36.4 Å². The minimum absolute atomic E-state index is 0.178. The molecule has 2 rings (SSSR count). The van der Waals surface area contributed by atoms with Gasteiger partial charge in [-0.1, -0.05) is 12.1 Å². The first-order valence-electron chi connectivity index (χ1n) is 6.12. The Balaban J connectivity index is 2.11. The van der Waals surface area contributed by atoms with Crippen LogP contribution in [0.1, 0.15) is 22.3 Å². The Labute approximate surface area is 108 Å². The Morgan fingerprint density at radius 3 is 2.22 bits per heavy atom. The first kappa shape index (κ1) is 12.6. The maximum atomic E-state index is 13.0. The molecule has 0 aliphatic rings. The van der Waals surface area contributed by atoms with Gasteiger partial charge in [-0.05, 0) is 67.3 Å². The van der Waals surface area contributed by atoms with Crippen LogP contribution in [0.5, 0.6) is 0 Å². The van der Waals surface area contributed by atoms with Crippen LogP contribution in [-0.4, -0.2) is 0 Å². The molecule has 0 unspecified atom stereocenters. The van der Waals surface area contributed by atoms with Crippen LogP contribution in [0, 0.1) is 26.6 Å². The Bertz CT molecular complexity index is 541. The summed E-state index contributed by atoms with van der Waals surface area (Å²) in [5, 5.41) is 3.38. The molecule has 1 N–H and O–H groups in total. The summed E-state index contributed by atoms with van der Waals surface area (Å²) in [7, 11) is 0. The fourth-order valence-electron chi connectivity index (χ4n) is 2.13. The number of hydrogen-bond donors (Lipinski definition) is 1. The number of rotatable bonds is 3. The normalized spacial score (nSPS) is 10.4. The molecule has 0 aliphatic carbocycles. The number of halogens is 1. The molecule has 0 amide bonds. The van der Waals surface area contributed by atoms with Crippen LogP contribution in [0.25, 0.3) is 0 Å². The molecule has 0 radical (unpaired) electrons. The third-order valence-corrected chi connectivity index (χ3v) is 3.01. The molecule has 1 nitrogen and oxygen atoms in total. The molecule has 0 aromatic heterocycles. The van der Waals surface area contributed by atoms with Crippen LogP contribution >= 0.6 is 0 Å². The van der Waals surface area contributed by atoms with E-state index in [2.05, 4.69) is 37.4 Å². The zero-order valence-corrected chi connectivity index (χ0v) is 11.0. The van der Waals surface area contributed by atoms with Crippen LogP contribution in [0.2, 0.25) is 0 Å². The molecule has 0 saturated heterocycles. The van der Waals surface area contributed by atoms with Crippen molar-refractivity contribution in [1.29, 1.82) is 0 Å². The lowest BCUT2D eigenvalue weighted by atomic mass is 10.1. The standard InChI is InChI=1S/C16H18FN/c1-11-6-12(2)8-16(7-11)18-10-14-4-5-15(17)9-13(14)3/h4-9,18H,10H2,1-3H3. The van der Waals surface area contributed by atoms with Gasteiger partial charge in [-0.3, -0.25) is 0 Å². The van der Waals surface area contributed by atoms with Gasteiger partial charge in [0.1, 0.15) is 5.82 Å². The van der Waals surface area contributed by atoms with E-state index in [1.54, 1.807) is 6.07 Å². The Morgan fingerprint density at radius 2 is 1.61 bits per heavy atom. The lowest BCUT2D eigenvalue weighted by Gasteiger charge is -2.10. The second kappa shape index (κ2) is 5.21.